The summed E-state index contributed by atoms with van der Waals surface area (Å²) in [6.07, 6.45) is 9.71. The van der Waals surface area contributed by atoms with Crippen LogP contribution in [0, 0.1) is 0 Å². The molecule has 4 heterocycles. The minimum Gasteiger partial charge on any atom is -0.493 e. The van der Waals surface area contributed by atoms with Crippen molar-refractivity contribution >= 4 is 45.6 Å². The Bertz CT molecular complexity index is 2640. The lowest BCUT2D eigenvalue weighted by Gasteiger charge is -2.18. The molecule has 2 atom stereocenters. The van der Waals surface area contributed by atoms with E-state index in [0.717, 1.165) is 60.3 Å². The molecule has 0 amide bonds. The second-order valence-corrected chi connectivity index (χ2v) is 15.7. The van der Waals surface area contributed by atoms with Gasteiger partial charge in [0.15, 0.2) is 23.0 Å². The third kappa shape index (κ3) is 8.92. The Morgan fingerprint density at radius 3 is 1.64 bits per heavy atom. The van der Waals surface area contributed by atoms with Gasteiger partial charge in [-0.25, -0.2) is 19.9 Å². The molecule has 10 rings (SSSR count). The highest BCUT2D eigenvalue weighted by molar-refractivity contribution is 6.18. The van der Waals surface area contributed by atoms with Crippen molar-refractivity contribution in [2.45, 2.75) is 38.9 Å². The number of aromatic nitrogens is 4. The monoisotopic (exact) mass is 843 g/mol. The largest absolute Gasteiger partial charge is 0.493 e. The topological polar surface area (TPSA) is 129 Å². The lowest BCUT2D eigenvalue weighted by atomic mass is 10.1. The Labute approximate surface area is 358 Å². The van der Waals surface area contributed by atoms with Crippen LogP contribution in [0.2, 0.25) is 0 Å². The number of halogens is 1. The predicted octanol–water partition coefficient (Wildman–Crippen LogP) is 8.83. The molecule has 2 saturated heterocycles. The zero-order valence-electron chi connectivity index (χ0n) is 34.5. The van der Waals surface area contributed by atoms with Gasteiger partial charge >= 0.3 is 0 Å². The first-order valence-corrected chi connectivity index (χ1v) is 20.8. The van der Waals surface area contributed by atoms with E-state index in [4.69, 9.17) is 49.5 Å². The van der Waals surface area contributed by atoms with Gasteiger partial charge in [0.2, 0.25) is 11.8 Å². The van der Waals surface area contributed by atoms with Crippen LogP contribution < -0.4 is 28.4 Å². The number of allylic oxidation sites excluding steroid dienone is 2. The summed E-state index contributed by atoms with van der Waals surface area (Å²) in [7, 11) is 3.22. The normalized spacial score (nSPS) is 17.5. The van der Waals surface area contributed by atoms with Crippen LogP contribution in [0.1, 0.15) is 36.1 Å². The molecule has 2 unspecified atom stereocenters. The van der Waals surface area contributed by atoms with E-state index in [2.05, 4.69) is 69.0 Å². The molecule has 14 heteroatoms. The number of nitrogens with zero attached hydrogens (tertiary/aromatic N) is 5. The van der Waals surface area contributed by atoms with Gasteiger partial charge in [-0.1, -0.05) is 35.4 Å². The maximum Gasteiger partial charge on any atom is 0.230 e. The van der Waals surface area contributed by atoms with Gasteiger partial charge in [-0.3, -0.25) is 4.90 Å². The molecule has 6 aromatic rings. The Hall–Kier alpha value is -5.99. The van der Waals surface area contributed by atoms with Crippen LogP contribution in [0.15, 0.2) is 84.5 Å². The number of hydrogen-bond acceptors (Lipinski definition) is 13. The van der Waals surface area contributed by atoms with E-state index in [0.29, 0.717) is 66.2 Å². The number of ether oxygens (including phenoxy) is 8. The fourth-order valence-corrected chi connectivity index (χ4v) is 8.15. The smallest absolute Gasteiger partial charge is 0.230 e. The molecule has 4 aliphatic rings. The third-order valence-electron chi connectivity index (χ3n) is 11.0. The molecule has 0 radical (unpaired) electrons. The summed E-state index contributed by atoms with van der Waals surface area (Å²) in [6.45, 7) is 8.12. The first-order valence-electron chi connectivity index (χ1n) is 20.2. The second-order valence-electron chi connectivity index (χ2n) is 15.3. The Kier molecular flexibility index (Phi) is 11.9. The third-order valence-corrected chi connectivity index (χ3v) is 11.2. The average Bonchev–Trinajstić information content (AvgIpc) is 4.05. The van der Waals surface area contributed by atoms with Crippen molar-refractivity contribution in [2.75, 3.05) is 59.7 Å². The molecule has 2 aliphatic carbocycles. The van der Waals surface area contributed by atoms with Crippen LogP contribution in [0.3, 0.4) is 0 Å². The maximum absolute atomic E-state index is 6.17. The van der Waals surface area contributed by atoms with Gasteiger partial charge in [-0.05, 0) is 85.3 Å². The van der Waals surface area contributed by atoms with E-state index in [9.17, 15) is 0 Å². The van der Waals surface area contributed by atoms with Crippen molar-refractivity contribution < 1.29 is 37.9 Å². The first-order chi connectivity index (χ1) is 29.8. The number of fused-ring (bicyclic) bond motifs is 5. The van der Waals surface area contributed by atoms with Gasteiger partial charge < -0.3 is 37.9 Å². The number of alkyl halides is 1. The fraction of sp³-hybridized carbons (Fsp3) is 0.319. The van der Waals surface area contributed by atoms with Crippen LogP contribution in [0.4, 0.5) is 0 Å². The van der Waals surface area contributed by atoms with E-state index >= 15 is 0 Å². The zero-order valence-corrected chi connectivity index (χ0v) is 35.2. The standard InChI is InChI=1S/C26H27N3O5.C21H19ClN2O3/c1-16-7-17-3-4-19(9-18(17)8-16)34-26-20-10-22(30-2)23(11-21(20)27-14-28-26)31-6-5-29-12-24-25(13-29)33-15-32-24;1-13-7-14-3-4-16(9-15(14)8-13)27-21-17-10-19(25-2)20(26-6-5-22)11-18(17)23-12-24-21/h3-4,8-11,14,24-25H,5-7,12-13,15H2,1-2H3;3-4,8-12H,5-7H2,1-2H3. The molecular weight excluding hydrogens is 798 g/mol. The van der Waals surface area contributed by atoms with Crippen molar-refractivity contribution in [1.82, 2.24) is 24.8 Å². The summed E-state index contributed by atoms with van der Waals surface area (Å²) in [5, 5.41) is 1.51. The van der Waals surface area contributed by atoms with Crippen LogP contribution in [-0.2, 0) is 22.3 Å². The Morgan fingerprint density at radius 2 is 1.15 bits per heavy atom. The summed E-state index contributed by atoms with van der Waals surface area (Å²) < 4.78 is 46.2. The molecule has 0 bridgehead atoms. The molecule has 0 N–H and O–H groups in total. The minimum atomic E-state index is 0.177. The number of hydrogen-bond donors (Lipinski definition) is 0. The van der Waals surface area contributed by atoms with Crippen molar-refractivity contribution in [2.24, 2.45) is 0 Å². The quantitative estimate of drug-likeness (QED) is 0.103. The van der Waals surface area contributed by atoms with Gasteiger partial charge in [-0.15, -0.1) is 11.6 Å². The van der Waals surface area contributed by atoms with E-state index in [-0.39, 0.29) is 12.2 Å². The van der Waals surface area contributed by atoms with Crippen molar-refractivity contribution in [3.05, 3.63) is 107 Å². The molecule has 314 valence electrons. The highest BCUT2D eigenvalue weighted by Crippen LogP contribution is 2.39. The maximum atomic E-state index is 6.17. The molecule has 2 aliphatic heterocycles. The Morgan fingerprint density at radius 1 is 0.639 bits per heavy atom. The number of rotatable bonds is 13. The molecule has 4 aromatic carbocycles. The van der Waals surface area contributed by atoms with Gasteiger partial charge in [0.05, 0.1) is 41.9 Å². The molecule has 13 nitrogen and oxygen atoms in total. The summed E-state index contributed by atoms with van der Waals surface area (Å²) >= 11 is 5.71. The van der Waals surface area contributed by atoms with E-state index in [1.54, 1.807) is 14.2 Å². The molecular formula is C47H46ClN5O8. The van der Waals surface area contributed by atoms with E-state index in [1.165, 1.54) is 46.1 Å². The van der Waals surface area contributed by atoms with Crippen molar-refractivity contribution in [3.63, 3.8) is 0 Å². The number of methoxy groups -OCH3 is 2. The van der Waals surface area contributed by atoms with Crippen molar-refractivity contribution in [1.29, 1.82) is 0 Å². The Balaban J connectivity index is 0.000000161. The lowest BCUT2D eigenvalue weighted by Crippen LogP contribution is -2.28. The van der Waals surface area contributed by atoms with Gasteiger partial charge in [0.25, 0.3) is 0 Å². The molecule has 0 spiro atoms. The lowest BCUT2D eigenvalue weighted by molar-refractivity contribution is 0.0140. The fourth-order valence-electron chi connectivity index (χ4n) is 8.08. The predicted molar refractivity (Wildman–Crippen MR) is 233 cm³/mol. The molecule has 0 saturated carbocycles. The molecule has 61 heavy (non-hydrogen) atoms. The summed E-state index contributed by atoms with van der Waals surface area (Å²) in [5.41, 5.74) is 9.17. The second kappa shape index (κ2) is 17.9. The van der Waals surface area contributed by atoms with Gasteiger partial charge in [-0.2, -0.15) is 0 Å². The summed E-state index contributed by atoms with van der Waals surface area (Å²) in [5.74, 6) is 5.26. The zero-order chi connectivity index (χ0) is 41.9. The highest BCUT2D eigenvalue weighted by Gasteiger charge is 2.38. The van der Waals surface area contributed by atoms with Gasteiger partial charge in [0, 0.05) is 31.8 Å². The van der Waals surface area contributed by atoms with E-state index in [1.807, 2.05) is 42.5 Å². The van der Waals surface area contributed by atoms with E-state index < -0.39 is 0 Å². The van der Waals surface area contributed by atoms with Crippen LogP contribution in [0.25, 0.3) is 34.0 Å². The van der Waals surface area contributed by atoms with Gasteiger partial charge in [0.1, 0.15) is 56.4 Å². The number of likely N-dealkylation sites (tertiary alicyclic amines) is 1. The number of benzene rings is 4. The summed E-state index contributed by atoms with van der Waals surface area (Å²) in [4.78, 5) is 19.7. The van der Waals surface area contributed by atoms with Crippen LogP contribution >= 0.6 is 11.6 Å². The summed E-state index contributed by atoms with van der Waals surface area (Å²) in [6, 6.07) is 19.6. The average molecular weight is 844 g/mol. The SMILES string of the molecule is COc1cc2c(Oc3ccc4c(c3)C=C(C)C4)ncnc2cc1OCCCl.COc1cc2c(Oc3ccc4c(c3)C=C(C)C4)ncnc2cc1OCCN1CC2OCOC2C1. The van der Waals surface area contributed by atoms with Crippen LogP contribution in [-0.4, -0.2) is 96.8 Å². The molecule has 2 aromatic heterocycles. The minimum absolute atomic E-state index is 0.177. The van der Waals surface area contributed by atoms with Crippen LogP contribution in [0.5, 0.6) is 46.3 Å². The first kappa shape index (κ1) is 40.4. The van der Waals surface area contributed by atoms with Crippen molar-refractivity contribution in [3.8, 4) is 46.3 Å². The molecule has 2 fully saturated rings. The highest BCUT2D eigenvalue weighted by atomic mass is 35.5.